The van der Waals surface area contributed by atoms with Gasteiger partial charge >= 0.3 is 5.97 Å². The average molecular weight is 244 g/mol. The summed E-state index contributed by atoms with van der Waals surface area (Å²) in [4.78, 5) is 24.0. The Morgan fingerprint density at radius 1 is 1.18 bits per heavy atom. The van der Waals surface area contributed by atoms with Crippen LogP contribution < -0.4 is 5.32 Å². The fourth-order valence-electron chi connectivity index (χ4n) is 1.50. The molecule has 0 radical (unpaired) electrons. The molecule has 0 saturated heterocycles. The summed E-state index contributed by atoms with van der Waals surface area (Å²) in [7, 11) is 0. The van der Waals surface area contributed by atoms with Crippen molar-refractivity contribution in [3.63, 3.8) is 0 Å². The second-order valence-corrected chi connectivity index (χ2v) is 4.68. The van der Waals surface area contributed by atoms with Gasteiger partial charge in [0.1, 0.15) is 0 Å². The summed E-state index contributed by atoms with van der Waals surface area (Å²) in [6.07, 6.45) is 0.414. The SMILES string of the molecule is CC(C)NCCC(=O)N(CCC(=O)O)C(C)C. The van der Waals surface area contributed by atoms with Gasteiger partial charge in [-0.15, -0.1) is 0 Å². The first-order chi connectivity index (χ1) is 7.84. The van der Waals surface area contributed by atoms with Gasteiger partial charge in [-0.2, -0.15) is 0 Å². The lowest BCUT2D eigenvalue weighted by Gasteiger charge is -2.26. The highest BCUT2D eigenvalue weighted by Crippen LogP contribution is 2.03. The molecule has 0 aliphatic carbocycles. The van der Waals surface area contributed by atoms with Crippen LogP contribution in [0.2, 0.25) is 0 Å². The standard InChI is InChI=1S/C12H24N2O3/c1-9(2)13-7-5-11(15)14(10(3)4)8-6-12(16)17/h9-10,13H,5-8H2,1-4H3,(H,16,17). The van der Waals surface area contributed by atoms with Crippen LogP contribution in [0.25, 0.3) is 0 Å². The highest BCUT2D eigenvalue weighted by Gasteiger charge is 2.17. The second kappa shape index (κ2) is 8.06. The van der Waals surface area contributed by atoms with E-state index in [0.29, 0.717) is 19.0 Å². The van der Waals surface area contributed by atoms with E-state index in [4.69, 9.17) is 5.11 Å². The second-order valence-electron chi connectivity index (χ2n) is 4.68. The molecule has 0 unspecified atom stereocenters. The highest BCUT2D eigenvalue weighted by atomic mass is 16.4. The van der Waals surface area contributed by atoms with Gasteiger partial charge in [0.2, 0.25) is 5.91 Å². The van der Waals surface area contributed by atoms with E-state index in [2.05, 4.69) is 5.32 Å². The van der Waals surface area contributed by atoms with Gasteiger partial charge in [0.15, 0.2) is 0 Å². The van der Waals surface area contributed by atoms with Gasteiger partial charge in [0.25, 0.3) is 0 Å². The van der Waals surface area contributed by atoms with E-state index >= 15 is 0 Å². The molecular formula is C12H24N2O3. The number of carboxylic acids is 1. The fraction of sp³-hybridized carbons (Fsp3) is 0.833. The Labute approximate surface area is 103 Å². The largest absolute Gasteiger partial charge is 0.481 e. The fourth-order valence-corrected chi connectivity index (χ4v) is 1.50. The Morgan fingerprint density at radius 3 is 2.18 bits per heavy atom. The molecule has 0 aliphatic rings. The van der Waals surface area contributed by atoms with E-state index in [1.165, 1.54) is 0 Å². The van der Waals surface area contributed by atoms with Crippen molar-refractivity contribution in [3.8, 4) is 0 Å². The summed E-state index contributed by atoms with van der Waals surface area (Å²) in [5, 5.41) is 11.8. The molecule has 0 aromatic carbocycles. The topological polar surface area (TPSA) is 69.6 Å². The highest BCUT2D eigenvalue weighted by molar-refractivity contribution is 5.77. The predicted molar refractivity (Wildman–Crippen MR) is 66.9 cm³/mol. The van der Waals surface area contributed by atoms with Crippen molar-refractivity contribution < 1.29 is 14.7 Å². The lowest BCUT2D eigenvalue weighted by Crippen LogP contribution is -2.40. The number of carbonyl (C=O) groups is 2. The first kappa shape index (κ1) is 15.9. The molecule has 100 valence electrons. The van der Waals surface area contributed by atoms with E-state index in [0.717, 1.165) is 0 Å². The summed E-state index contributed by atoms with van der Waals surface area (Å²) in [6, 6.07) is 0.398. The molecule has 2 N–H and O–H groups in total. The minimum Gasteiger partial charge on any atom is -0.481 e. The lowest BCUT2D eigenvalue weighted by molar-refractivity contribution is -0.139. The number of rotatable bonds is 8. The number of amides is 1. The number of carboxylic acid groups (broad SMARTS) is 1. The molecule has 0 saturated carbocycles. The summed E-state index contributed by atoms with van der Waals surface area (Å²) in [5.74, 6) is -0.863. The number of hydrogen-bond acceptors (Lipinski definition) is 3. The van der Waals surface area contributed by atoms with E-state index in [1.54, 1.807) is 4.90 Å². The van der Waals surface area contributed by atoms with Gasteiger partial charge in [-0.3, -0.25) is 9.59 Å². The molecule has 0 aromatic heterocycles. The monoisotopic (exact) mass is 244 g/mol. The van der Waals surface area contributed by atoms with E-state index in [-0.39, 0.29) is 24.9 Å². The molecule has 5 nitrogen and oxygen atoms in total. The first-order valence-corrected chi connectivity index (χ1v) is 6.09. The Morgan fingerprint density at radius 2 is 1.76 bits per heavy atom. The van der Waals surface area contributed by atoms with Gasteiger partial charge in [0, 0.05) is 31.6 Å². The molecule has 0 spiro atoms. The van der Waals surface area contributed by atoms with Gasteiger partial charge in [-0.25, -0.2) is 0 Å². The summed E-state index contributed by atoms with van der Waals surface area (Å²) in [6.45, 7) is 8.76. The van der Waals surface area contributed by atoms with Crippen molar-refractivity contribution in [2.75, 3.05) is 13.1 Å². The van der Waals surface area contributed by atoms with Crippen LogP contribution in [-0.2, 0) is 9.59 Å². The Balaban J connectivity index is 4.11. The minimum absolute atomic E-state index is 0.00152. The average Bonchev–Trinajstić information content (AvgIpc) is 2.16. The van der Waals surface area contributed by atoms with Gasteiger partial charge < -0.3 is 15.3 Å². The number of carbonyl (C=O) groups excluding carboxylic acids is 1. The Kier molecular flexibility index (Phi) is 7.54. The molecule has 0 aliphatic heterocycles. The molecule has 0 fully saturated rings. The van der Waals surface area contributed by atoms with Crippen molar-refractivity contribution in [2.45, 2.75) is 52.6 Å². The summed E-state index contributed by atoms with van der Waals surface area (Å²) in [5.41, 5.74) is 0. The first-order valence-electron chi connectivity index (χ1n) is 6.09. The van der Waals surface area contributed by atoms with Gasteiger partial charge in [0.05, 0.1) is 6.42 Å². The van der Waals surface area contributed by atoms with Crippen molar-refractivity contribution in [1.82, 2.24) is 10.2 Å². The summed E-state index contributed by atoms with van der Waals surface area (Å²) >= 11 is 0. The molecular weight excluding hydrogens is 220 g/mol. The van der Waals surface area contributed by atoms with E-state index in [1.807, 2.05) is 27.7 Å². The normalized spacial score (nSPS) is 10.9. The van der Waals surface area contributed by atoms with Crippen LogP contribution in [-0.4, -0.2) is 47.1 Å². The Hall–Kier alpha value is -1.10. The molecule has 0 heterocycles. The summed E-state index contributed by atoms with van der Waals surface area (Å²) < 4.78 is 0. The molecule has 5 heteroatoms. The number of aliphatic carboxylic acids is 1. The maximum atomic E-state index is 11.9. The third kappa shape index (κ3) is 7.74. The van der Waals surface area contributed by atoms with Crippen molar-refractivity contribution in [1.29, 1.82) is 0 Å². The molecule has 0 bridgehead atoms. The quantitative estimate of drug-likeness (QED) is 0.670. The smallest absolute Gasteiger partial charge is 0.305 e. The van der Waals surface area contributed by atoms with Crippen LogP contribution >= 0.6 is 0 Å². The third-order valence-electron chi connectivity index (χ3n) is 2.40. The van der Waals surface area contributed by atoms with Crippen LogP contribution in [0.15, 0.2) is 0 Å². The molecule has 17 heavy (non-hydrogen) atoms. The zero-order valence-corrected chi connectivity index (χ0v) is 11.2. The molecule has 0 rings (SSSR count). The van der Waals surface area contributed by atoms with Gasteiger partial charge in [-0.05, 0) is 13.8 Å². The third-order valence-corrected chi connectivity index (χ3v) is 2.40. The van der Waals surface area contributed by atoms with Crippen LogP contribution in [0.4, 0.5) is 0 Å². The Bertz CT molecular complexity index is 252. The van der Waals surface area contributed by atoms with Crippen LogP contribution in [0.3, 0.4) is 0 Å². The number of hydrogen-bond donors (Lipinski definition) is 2. The number of nitrogens with zero attached hydrogens (tertiary/aromatic N) is 1. The van der Waals surface area contributed by atoms with Crippen LogP contribution in [0.5, 0.6) is 0 Å². The van der Waals surface area contributed by atoms with Gasteiger partial charge in [-0.1, -0.05) is 13.8 Å². The maximum absolute atomic E-state index is 11.9. The maximum Gasteiger partial charge on any atom is 0.305 e. The van der Waals surface area contributed by atoms with E-state index in [9.17, 15) is 9.59 Å². The van der Waals surface area contributed by atoms with Crippen molar-refractivity contribution >= 4 is 11.9 Å². The molecule has 0 aromatic rings. The zero-order valence-electron chi connectivity index (χ0n) is 11.2. The van der Waals surface area contributed by atoms with Crippen molar-refractivity contribution in [2.24, 2.45) is 0 Å². The molecule has 1 amide bonds. The lowest BCUT2D eigenvalue weighted by atomic mass is 10.2. The minimum atomic E-state index is -0.872. The zero-order chi connectivity index (χ0) is 13.4. The molecule has 0 atom stereocenters. The number of nitrogens with one attached hydrogen (secondary N) is 1. The van der Waals surface area contributed by atoms with E-state index < -0.39 is 5.97 Å². The predicted octanol–water partition coefficient (Wildman–Crippen LogP) is 1.09. The van der Waals surface area contributed by atoms with Crippen molar-refractivity contribution in [3.05, 3.63) is 0 Å². The van der Waals surface area contributed by atoms with Crippen LogP contribution in [0.1, 0.15) is 40.5 Å². The van der Waals surface area contributed by atoms with Crippen LogP contribution in [0, 0.1) is 0 Å².